The predicted molar refractivity (Wildman–Crippen MR) is 73.4 cm³/mol. The molecule has 0 aliphatic rings. The Morgan fingerprint density at radius 1 is 0.944 bits per heavy atom. The minimum atomic E-state index is -0.130. The second-order valence-corrected chi connectivity index (χ2v) is 5.02. The molecule has 0 fully saturated rings. The fraction of sp³-hybridized carbons (Fsp3) is 0. The number of carbonyl (C=O) groups excluding carboxylic acids is 1. The van der Waals surface area contributed by atoms with Crippen LogP contribution < -0.4 is 0 Å². The Hall–Kier alpha value is -2.13. The molecule has 0 saturated carbocycles. The third-order valence-electron chi connectivity index (χ3n) is 2.81. The van der Waals surface area contributed by atoms with Crippen LogP contribution in [0.1, 0.15) is 15.2 Å². The maximum Gasteiger partial charge on any atom is 0.206 e. The van der Waals surface area contributed by atoms with E-state index >= 15 is 0 Å². The van der Waals surface area contributed by atoms with Crippen LogP contribution in [0.3, 0.4) is 0 Å². The Balaban J connectivity index is 2.15. The fourth-order valence-electron chi connectivity index (χ4n) is 1.91. The topological polar surface area (TPSA) is 37.3 Å². The quantitative estimate of drug-likeness (QED) is 0.705. The Morgan fingerprint density at radius 3 is 2.33 bits per heavy atom. The monoisotopic (exact) mass is 254 g/mol. The molecule has 0 unspecified atom stereocenters. The highest BCUT2D eigenvalue weighted by atomic mass is 32.1. The number of benzene rings is 2. The molecule has 3 rings (SSSR count). The molecule has 0 saturated heterocycles. The maximum absolute atomic E-state index is 12.3. The van der Waals surface area contributed by atoms with Gasteiger partial charge in [-0.05, 0) is 12.1 Å². The van der Waals surface area contributed by atoms with Crippen LogP contribution in [-0.2, 0) is 0 Å². The van der Waals surface area contributed by atoms with Gasteiger partial charge in [-0.25, -0.2) is 0 Å². The molecule has 0 aliphatic heterocycles. The lowest BCUT2D eigenvalue weighted by atomic mass is 10.1. The molecule has 0 bridgehead atoms. The molecule has 1 N–H and O–H groups in total. The Morgan fingerprint density at radius 2 is 1.61 bits per heavy atom. The number of rotatable bonds is 2. The van der Waals surface area contributed by atoms with Crippen molar-refractivity contribution in [3.63, 3.8) is 0 Å². The van der Waals surface area contributed by atoms with Gasteiger partial charge in [0.1, 0.15) is 10.6 Å². The third kappa shape index (κ3) is 1.69. The smallest absolute Gasteiger partial charge is 0.206 e. The molecule has 0 radical (unpaired) electrons. The molecular formula is C15H10O2S. The van der Waals surface area contributed by atoms with Crippen LogP contribution in [0.5, 0.6) is 5.75 Å². The van der Waals surface area contributed by atoms with Crippen LogP contribution in [0.2, 0.25) is 0 Å². The highest BCUT2D eigenvalue weighted by molar-refractivity contribution is 7.21. The molecule has 1 heterocycles. The average Bonchev–Trinajstić information content (AvgIpc) is 2.77. The number of carbonyl (C=O) groups is 1. The van der Waals surface area contributed by atoms with Gasteiger partial charge in [0.25, 0.3) is 0 Å². The summed E-state index contributed by atoms with van der Waals surface area (Å²) in [5, 5.41) is 10.8. The first kappa shape index (κ1) is 11.0. The van der Waals surface area contributed by atoms with Gasteiger partial charge < -0.3 is 5.11 Å². The van der Waals surface area contributed by atoms with Gasteiger partial charge >= 0.3 is 0 Å². The molecule has 3 heteroatoms. The molecule has 0 amide bonds. The number of hydrogen-bond acceptors (Lipinski definition) is 3. The minimum Gasteiger partial charge on any atom is -0.506 e. The van der Waals surface area contributed by atoms with Crippen LogP contribution in [0.25, 0.3) is 10.1 Å². The first-order chi connectivity index (χ1) is 8.77. The molecular weight excluding hydrogens is 244 g/mol. The maximum atomic E-state index is 12.3. The van der Waals surface area contributed by atoms with Crippen molar-refractivity contribution in [2.75, 3.05) is 0 Å². The van der Waals surface area contributed by atoms with Gasteiger partial charge in [-0.3, -0.25) is 4.79 Å². The second-order valence-electron chi connectivity index (χ2n) is 3.97. The SMILES string of the molecule is O=C(c1ccccc1)c1sc2ccccc2c1O. The van der Waals surface area contributed by atoms with Crippen LogP contribution in [0.15, 0.2) is 54.6 Å². The summed E-state index contributed by atoms with van der Waals surface area (Å²) in [5.74, 6) is -0.0428. The van der Waals surface area contributed by atoms with Crippen molar-refractivity contribution in [2.24, 2.45) is 0 Å². The molecule has 18 heavy (non-hydrogen) atoms. The van der Waals surface area contributed by atoms with E-state index in [2.05, 4.69) is 0 Å². The highest BCUT2D eigenvalue weighted by Crippen LogP contribution is 2.37. The molecule has 1 aromatic heterocycles. The van der Waals surface area contributed by atoms with Crippen LogP contribution in [0, 0.1) is 0 Å². The largest absolute Gasteiger partial charge is 0.506 e. The summed E-state index contributed by atoms with van der Waals surface area (Å²) in [6.45, 7) is 0. The van der Waals surface area contributed by atoms with Gasteiger partial charge in [-0.1, -0.05) is 42.5 Å². The van der Waals surface area contributed by atoms with Gasteiger partial charge in [0.2, 0.25) is 5.78 Å². The summed E-state index contributed by atoms with van der Waals surface area (Å²) >= 11 is 1.33. The Kier molecular flexibility index (Phi) is 2.61. The number of thiophene rings is 1. The Bertz CT molecular complexity index is 714. The van der Waals surface area contributed by atoms with E-state index in [1.807, 2.05) is 42.5 Å². The summed E-state index contributed by atoms with van der Waals surface area (Å²) < 4.78 is 0.925. The minimum absolute atomic E-state index is 0.0875. The second kappa shape index (κ2) is 4.27. The first-order valence-electron chi connectivity index (χ1n) is 5.57. The predicted octanol–water partition coefficient (Wildman–Crippen LogP) is 3.84. The molecule has 0 spiro atoms. The fourth-order valence-corrected chi connectivity index (χ4v) is 2.96. The summed E-state index contributed by atoms with van der Waals surface area (Å²) in [7, 11) is 0. The molecule has 2 nitrogen and oxygen atoms in total. The average molecular weight is 254 g/mol. The first-order valence-corrected chi connectivity index (χ1v) is 6.39. The number of aromatic hydroxyl groups is 1. The van der Waals surface area contributed by atoms with E-state index in [4.69, 9.17) is 0 Å². The van der Waals surface area contributed by atoms with Gasteiger partial charge in [-0.2, -0.15) is 0 Å². The van der Waals surface area contributed by atoms with Crippen molar-refractivity contribution < 1.29 is 9.90 Å². The van der Waals surface area contributed by atoms with Crippen molar-refractivity contribution in [2.45, 2.75) is 0 Å². The standard InChI is InChI=1S/C15H10O2S/c16-13(10-6-2-1-3-7-10)15-14(17)11-8-4-5-9-12(11)18-15/h1-9,17H. The van der Waals surface area contributed by atoms with E-state index in [0.29, 0.717) is 10.4 Å². The molecule has 0 atom stereocenters. The molecule has 88 valence electrons. The zero-order chi connectivity index (χ0) is 12.5. The lowest BCUT2D eigenvalue weighted by Gasteiger charge is -1.98. The zero-order valence-corrected chi connectivity index (χ0v) is 10.3. The van der Waals surface area contributed by atoms with Gasteiger partial charge in [0.05, 0.1) is 0 Å². The number of ketones is 1. The van der Waals surface area contributed by atoms with E-state index in [1.54, 1.807) is 12.1 Å². The van der Waals surface area contributed by atoms with Crippen LogP contribution in [-0.4, -0.2) is 10.9 Å². The summed E-state index contributed by atoms with van der Waals surface area (Å²) in [6.07, 6.45) is 0. The molecule has 3 aromatic rings. The van der Waals surface area contributed by atoms with Gasteiger partial charge in [0, 0.05) is 15.6 Å². The summed E-state index contributed by atoms with van der Waals surface area (Å²) in [4.78, 5) is 12.7. The van der Waals surface area contributed by atoms with Crippen molar-refractivity contribution in [1.29, 1.82) is 0 Å². The van der Waals surface area contributed by atoms with Crippen LogP contribution in [0.4, 0.5) is 0 Å². The lowest BCUT2D eigenvalue weighted by molar-refractivity contribution is 0.104. The van der Waals surface area contributed by atoms with Crippen molar-refractivity contribution >= 4 is 27.2 Å². The molecule has 2 aromatic carbocycles. The van der Waals surface area contributed by atoms with Crippen molar-refractivity contribution in [3.8, 4) is 5.75 Å². The highest BCUT2D eigenvalue weighted by Gasteiger charge is 2.18. The third-order valence-corrected chi connectivity index (χ3v) is 3.97. The van der Waals surface area contributed by atoms with E-state index in [-0.39, 0.29) is 11.5 Å². The lowest BCUT2D eigenvalue weighted by Crippen LogP contribution is -1.97. The Labute approximate surface area is 108 Å². The van der Waals surface area contributed by atoms with Crippen LogP contribution >= 0.6 is 11.3 Å². The number of hydrogen-bond donors (Lipinski definition) is 1. The molecule has 0 aliphatic carbocycles. The van der Waals surface area contributed by atoms with Gasteiger partial charge in [0.15, 0.2) is 0 Å². The summed E-state index contributed by atoms with van der Waals surface area (Å²) in [6, 6.07) is 16.5. The van der Waals surface area contributed by atoms with Crippen molar-refractivity contribution in [3.05, 3.63) is 65.0 Å². The van der Waals surface area contributed by atoms with E-state index < -0.39 is 0 Å². The van der Waals surface area contributed by atoms with E-state index in [1.165, 1.54) is 11.3 Å². The van der Waals surface area contributed by atoms with E-state index in [0.717, 1.165) is 10.1 Å². The van der Waals surface area contributed by atoms with Crippen molar-refractivity contribution in [1.82, 2.24) is 0 Å². The van der Waals surface area contributed by atoms with E-state index in [9.17, 15) is 9.90 Å². The number of fused-ring (bicyclic) bond motifs is 1. The summed E-state index contributed by atoms with van der Waals surface area (Å²) in [5.41, 5.74) is 0.597. The zero-order valence-electron chi connectivity index (χ0n) is 9.46. The van der Waals surface area contributed by atoms with Gasteiger partial charge in [-0.15, -0.1) is 11.3 Å². The normalized spacial score (nSPS) is 10.7.